The smallest absolute Gasteiger partial charge is 0.335 e. The van der Waals surface area contributed by atoms with E-state index in [9.17, 15) is 9.59 Å². The van der Waals surface area contributed by atoms with Crippen LogP contribution in [-0.4, -0.2) is 21.6 Å². The lowest BCUT2D eigenvalue weighted by Gasteiger charge is -2.09. The average molecular weight is 334 g/mol. The van der Waals surface area contributed by atoms with Crippen LogP contribution in [0.5, 0.6) is 0 Å². The van der Waals surface area contributed by atoms with Crippen LogP contribution in [0.2, 0.25) is 0 Å². The predicted molar refractivity (Wildman–Crippen MR) is 96.3 cm³/mol. The van der Waals surface area contributed by atoms with E-state index in [1.807, 2.05) is 19.2 Å². The van der Waals surface area contributed by atoms with E-state index in [-0.39, 0.29) is 11.5 Å². The quantitative estimate of drug-likeness (QED) is 0.768. The third kappa shape index (κ3) is 2.48. The first-order valence-electron chi connectivity index (χ1n) is 8.30. The highest BCUT2D eigenvalue weighted by Gasteiger charge is 2.23. The summed E-state index contributed by atoms with van der Waals surface area (Å²) in [6.45, 7) is 0. The number of para-hydroxylation sites is 1. The number of hydrogen-bond donors (Lipinski definition) is 2. The summed E-state index contributed by atoms with van der Waals surface area (Å²) in [5, 5.41) is 13.0. The molecule has 0 radical (unpaired) electrons. The maximum atomic E-state index is 12.8. The molecule has 1 aliphatic rings. The summed E-state index contributed by atoms with van der Waals surface area (Å²) in [4.78, 5) is 23.7. The molecule has 1 aliphatic carbocycles. The van der Waals surface area contributed by atoms with Crippen molar-refractivity contribution in [2.45, 2.75) is 19.3 Å². The van der Waals surface area contributed by atoms with Crippen molar-refractivity contribution >= 4 is 28.5 Å². The second-order valence-electron chi connectivity index (χ2n) is 6.38. The molecule has 126 valence electrons. The van der Waals surface area contributed by atoms with E-state index in [0.29, 0.717) is 11.3 Å². The van der Waals surface area contributed by atoms with Crippen LogP contribution in [0, 0.1) is 0 Å². The number of carboxylic acid groups (broad SMARTS) is 1. The van der Waals surface area contributed by atoms with E-state index < -0.39 is 5.97 Å². The Bertz CT molecular complexity index is 1000. The molecule has 0 spiro atoms. The van der Waals surface area contributed by atoms with Crippen LogP contribution in [0.25, 0.3) is 10.9 Å². The molecule has 1 amide bonds. The zero-order valence-electron chi connectivity index (χ0n) is 13.9. The summed E-state index contributed by atoms with van der Waals surface area (Å²) in [6, 6.07) is 12.0. The Morgan fingerprint density at radius 1 is 1.08 bits per heavy atom. The number of hydrogen-bond acceptors (Lipinski definition) is 2. The van der Waals surface area contributed by atoms with Crippen molar-refractivity contribution in [2.24, 2.45) is 7.05 Å². The number of anilines is 1. The Labute approximate surface area is 144 Å². The van der Waals surface area contributed by atoms with Crippen LogP contribution in [0.15, 0.2) is 42.5 Å². The van der Waals surface area contributed by atoms with Crippen LogP contribution in [0.4, 0.5) is 5.69 Å². The summed E-state index contributed by atoms with van der Waals surface area (Å²) >= 11 is 0. The molecule has 0 unspecified atom stereocenters. The van der Waals surface area contributed by atoms with Crippen LogP contribution in [0.3, 0.4) is 0 Å². The number of aromatic carboxylic acids is 1. The fourth-order valence-electron chi connectivity index (χ4n) is 3.75. The molecule has 0 bridgehead atoms. The largest absolute Gasteiger partial charge is 0.478 e. The molecule has 3 aromatic rings. The van der Waals surface area contributed by atoms with Gasteiger partial charge in [-0.15, -0.1) is 0 Å². The van der Waals surface area contributed by atoms with Gasteiger partial charge in [-0.05, 0) is 55.2 Å². The Hall–Kier alpha value is -3.08. The minimum atomic E-state index is -0.985. The normalized spacial score (nSPS) is 13.0. The van der Waals surface area contributed by atoms with Crippen molar-refractivity contribution in [1.82, 2.24) is 4.57 Å². The van der Waals surface area contributed by atoms with Crippen molar-refractivity contribution in [3.05, 3.63) is 64.8 Å². The van der Waals surface area contributed by atoms with Crippen molar-refractivity contribution in [1.29, 1.82) is 0 Å². The molecule has 0 fully saturated rings. The van der Waals surface area contributed by atoms with E-state index in [4.69, 9.17) is 5.11 Å². The summed E-state index contributed by atoms with van der Waals surface area (Å²) in [5.41, 5.74) is 5.05. The minimum Gasteiger partial charge on any atom is -0.478 e. The zero-order valence-corrected chi connectivity index (χ0v) is 13.9. The van der Waals surface area contributed by atoms with Gasteiger partial charge in [-0.1, -0.05) is 12.1 Å². The molecule has 1 heterocycles. The van der Waals surface area contributed by atoms with E-state index in [1.54, 1.807) is 12.1 Å². The molecule has 0 atom stereocenters. The number of benzene rings is 2. The highest BCUT2D eigenvalue weighted by Crippen LogP contribution is 2.34. The van der Waals surface area contributed by atoms with Gasteiger partial charge in [0.15, 0.2) is 0 Å². The molecule has 0 saturated heterocycles. The Morgan fingerprint density at radius 3 is 2.56 bits per heavy atom. The monoisotopic (exact) mass is 334 g/mol. The fourth-order valence-corrected chi connectivity index (χ4v) is 3.75. The van der Waals surface area contributed by atoms with Crippen LogP contribution in [-0.2, 0) is 19.9 Å². The number of carbonyl (C=O) groups excluding carboxylic acids is 1. The first-order valence-corrected chi connectivity index (χ1v) is 8.30. The highest BCUT2D eigenvalue weighted by molar-refractivity contribution is 6.13. The second-order valence-corrected chi connectivity index (χ2v) is 6.38. The molecular formula is C20H18N2O3. The molecule has 0 aliphatic heterocycles. The SMILES string of the molecule is Cn1c2c(c3cccc(C(=O)Nc4ccc(C(=O)O)cc4)c31)CCC2. The van der Waals surface area contributed by atoms with Crippen molar-refractivity contribution in [3.8, 4) is 0 Å². The van der Waals surface area contributed by atoms with Gasteiger partial charge in [0.1, 0.15) is 0 Å². The molecule has 5 nitrogen and oxygen atoms in total. The molecule has 0 saturated carbocycles. The summed E-state index contributed by atoms with van der Waals surface area (Å²) < 4.78 is 2.14. The van der Waals surface area contributed by atoms with Gasteiger partial charge < -0.3 is 15.0 Å². The van der Waals surface area contributed by atoms with Crippen LogP contribution in [0.1, 0.15) is 38.4 Å². The molecular weight excluding hydrogens is 316 g/mol. The lowest BCUT2D eigenvalue weighted by atomic mass is 10.1. The average Bonchev–Trinajstić information content (AvgIpc) is 3.19. The van der Waals surface area contributed by atoms with Crippen LogP contribution >= 0.6 is 0 Å². The molecule has 2 N–H and O–H groups in total. The van der Waals surface area contributed by atoms with Crippen molar-refractivity contribution < 1.29 is 14.7 Å². The topological polar surface area (TPSA) is 71.3 Å². The zero-order chi connectivity index (χ0) is 17.6. The molecule has 1 aromatic heterocycles. The van der Waals surface area contributed by atoms with Gasteiger partial charge in [0.05, 0.1) is 16.6 Å². The third-order valence-electron chi connectivity index (χ3n) is 4.92. The van der Waals surface area contributed by atoms with E-state index in [2.05, 4.69) is 16.0 Å². The molecule has 25 heavy (non-hydrogen) atoms. The number of carbonyl (C=O) groups is 2. The van der Waals surface area contributed by atoms with E-state index in [0.717, 1.165) is 23.7 Å². The summed E-state index contributed by atoms with van der Waals surface area (Å²) in [7, 11) is 2.02. The minimum absolute atomic E-state index is 0.187. The maximum Gasteiger partial charge on any atom is 0.335 e. The Kier molecular flexibility index (Phi) is 3.57. The summed E-state index contributed by atoms with van der Waals surface area (Å²) in [6.07, 6.45) is 3.29. The Morgan fingerprint density at radius 2 is 1.84 bits per heavy atom. The number of aryl methyl sites for hydroxylation is 2. The first kappa shape index (κ1) is 15.4. The van der Waals surface area contributed by atoms with Gasteiger partial charge in [0.25, 0.3) is 5.91 Å². The number of carboxylic acids is 1. The third-order valence-corrected chi connectivity index (χ3v) is 4.92. The van der Waals surface area contributed by atoms with Gasteiger partial charge in [-0.2, -0.15) is 0 Å². The molecule has 2 aromatic carbocycles. The molecule has 5 heteroatoms. The van der Waals surface area contributed by atoms with E-state index in [1.165, 1.54) is 29.8 Å². The number of rotatable bonds is 3. The maximum absolute atomic E-state index is 12.8. The second kappa shape index (κ2) is 5.77. The van der Waals surface area contributed by atoms with Gasteiger partial charge in [-0.3, -0.25) is 4.79 Å². The van der Waals surface area contributed by atoms with Crippen molar-refractivity contribution in [3.63, 3.8) is 0 Å². The molecule has 4 rings (SSSR count). The van der Waals surface area contributed by atoms with Gasteiger partial charge in [-0.25, -0.2) is 4.79 Å². The predicted octanol–water partition coefficient (Wildman–Crippen LogP) is 3.62. The standard InChI is InChI=1S/C20H18N2O3/c1-22-17-7-3-4-14(17)15-5-2-6-16(18(15)22)19(23)21-13-10-8-12(9-11-13)20(24)25/h2,5-6,8-11H,3-4,7H2,1H3,(H,21,23)(H,24,25). The summed E-state index contributed by atoms with van der Waals surface area (Å²) in [5.74, 6) is -1.17. The lowest BCUT2D eigenvalue weighted by Crippen LogP contribution is -2.13. The van der Waals surface area contributed by atoms with E-state index >= 15 is 0 Å². The number of nitrogens with one attached hydrogen (secondary N) is 1. The number of fused-ring (bicyclic) bond motifs is 3. The van der Waals surface area contributed by atoms with Gasteiger partial charge >= 0.3 is 5.97 Å². The fraction of sp³-hybridized carbons (Fsp3) is 0.200. The first-order chi connectivity index (χ1) is 12.1. The number of nitrogens with zero attached hydrogens (tertiary/aromatic N) is 1. The number of aromatic nitrogens is 1. The Balaban J connectivity index is 1.70. The highest BCUT2D eigenvalue weighted by atomic mass is 16.4. The van der Waals surface area contributed by atoms with Crippen LogP contribution < -0.4 is 5.32 Å². The van der Waals surface area contributed by atoms with Gasteiger partial charge in [0.2, 0.25) is 0 Å². The lowest BCUT2D eigenvalue weighted by molar-refractivity contribution is 0.0696. The van der Waals surface area contributed by atoms with Gasteiger partial charge in [0, 0.05) is 23.8 Å². The van der Waals surface area contributed by atoms with Crippen molar-refractivity contribution in [2.75, 3.05) is 5.32 Å². The number of amides is 1.